The number of hydrogen-bond acceptors (Lipinski definition) is 4. The molecule has 0 radical (unpaired) electrons. The van der Waals surface area contributed by atoms with Gasteiger partial charge in [0.2, 0.25) is 5.91 Å². The van der Waals surface area contributed by atoms with Crippen LogP contribution < -0.4 is 16.0 Å². The molecule has 1 amide bonds. The van der Waals surface area contributed by atoms with Gasteiger partial charge in [0, 0.05) is 12.0 Å². The normalized spacial score (nSPS) is 9.71. The molecule has 0 bridgehead atoms. The molecule has 0 atom stereocenters. The minimum absolute atomic E-state index is 0.173. The number of amides is 1. The fraction of sp³-hybridized carbons (Fsp3) is 0.333. The predicted octanol–water partition coefficient (Wildman–Crippen LogP) is 1.04. The van der Waals surface area contributed by atoms with Crippen molar-refractivity contribution in [1.82, 2.24) is 5.43 Å². The van der Waals surface area contributed by atoms with E-state index in [0.29, 0.717) is 24.3 Å². The molecule has 0 saturated heterocycles. The van der Waals surface area contributed by atoms with E-state index >= 15 is 0 Å². The van der Waals surface area contributed by atoms with E-state index in [0.717, 1.165) is 19.1 Å². The van der Waals surface area contributed by atoms with E-state index in [-0.39, 0.29) is 5.91 Å². The zero-order valence-corrected chi connectivity index (χ0v) is 9.52. The summed E-state index contributed by atoms with van der Waals surface area (Å²) in [6.07, 6.45) is 2.65. The highest BCUT2D eigenvalue weighted by atomic mass is 16.5. The minimum atomic E-state index is -0.173. The molecule has 1 aromatic rings. The maximum Gasteiger partial charge on any atom is 0.233 e. The summed E-state index contributed by atoms with van der Waals surface area (Å²) >= 11 is 0. The minimum Gasteiger partial charge on any atom is -0.494 e. The van der Waals surface area contributed by atoms with Crippen molar-refractivity contribution in [2.24, 2.45) is 5.84 Å². The second kappa shape index (κ2) is 7.40. The van der Waals surface area contributed by atoms with E-state index < -0.39 is 0 Å². The molecule has 92 valence electrons. The van der Waals surface area contributed by atoms with Gasteiger partial charge >= 0.3 is 0 Å². The summed E-state index contributed by atoms with van der Waals surface area (Å²) < 4.78 is 5.44. The molecular weight excluding hydrogens is 220 g/mol. The van der Waals surface area contributed by atoms with E-state index in [9.17, 15) is 9.59 Å². The Labute approximate surface area is 99.9 Å². The largest absolute Gasteiger partial charge is 0.494 e. The van der Waals surface area contributed by atoms with Gasteiger partial charge in [0.1, 0.15) is 12.0 Å². The molecule has 0 aliphatic carbocycles. The van der Waals surface area contributed by atoms with Gasteiger partial charge in [-0.05, 0) is 25.0 Å². The van der Waals surface area contributed by atoms with Gasteiger partial charge in [-0.25, -0.2) is 5.84 Å². The first kappa shape index (κ1) is 13.2. The Morgan fingerprint density at radius 1 is 1.41 bits per heavy atom. The molecule has 0 heterocycles. The number of ether oxygens (including phenoxy) is 1. The maximum atomic E-state index is 10.8. The van der Waals surface area contributed by atoms with Gasteiger partial charge in [0.25, 0.3) is 0 Å². The van der Waals surface area contributed by atoms with Crippen LogP contribution in [0, 0.1) is 0 Å². The van der Waals surface area contributed by atoms with Gasteiger partial charge in [-0.15, -0.1) is 0 Å². The third-order valence-electron chi connectivity index (χ3n) is 2.22. The topological polar surface area (TPSA) is 81.4 Å². The average Bonchev–Trinajstić information content (AvgIpc) is 2.38. The fourth-order valence-corrected chi connectivity index (χ4v) is 1.33. The molecule has 0 saturated carbocycles. The SMILES string of the molecule is NNC(=O)CCCCOc1cccc(C=O)c1. The number of hydrogen-bond donors (Lipinski definition) is 2. The van der Waals surface area contributed by atoms with Gasteiger partial charge in [0.15, 0.2) is 0 Å². The first-order chi connectivity index (χ1) is 8.26. The molecule has 1 rings (SSSR count). The summed E-state index contributed by atoms with van der Waals surface area (Å²) in [6.45, 7) is 0.514. The van der Waals surface area contributed by atoms with Crippen LogP contribution in [0.25, 0.3) is 0 Å². The Kier molecular flexibility index (Phi) is 5.74. The smallest absolute Gasteiger partial charge is 0.233 e. The molecular formula is C12H16N2O3. The van der Waals surface area contributed by atoms with Crippen molar-refractivity contribution in [1.29, 1.82) is 0 Å². The van der Waals surface area contributed by atoms with Crippen LogP contribution in [0.2, 0.25) is 0 Å². The molecule has 0 aliphatic heterocycles. The summed E-state index contributed by atoms with van der Waals surface area (Å²) in [7, 11) is 0. The molecule has 0 spiro atoms. The summed E-state index contributed by atoms with van der Waals surface area (Å²) in [5.41, 5.74) is 2.66. The Morgan fingerprint density at radius 3 is 2.94 bits per heavy atom. The standard InChI is InChI=1S/C12H16N2O3/c13-14-12(16)6-1-2-7-17-11-5-3-4-10(8-11)9-15/h3-5,8-9H,1-2,6-7,13H2,(H,14,16). The molecule has 0 aliphatic rings. The van der Waals surface area contributed by atoms with Gasteiger partial charge < -0.3 is 4.74 Å². The highest BCUT2D eigenvalue weighted by Crippen LogP contribution is 2.12. The van der Waals surface area contributed by atoms with E-state index in [1.54, 1.807) is 24.3 Å². The van der Waals surface area contributed by atoms with Crippen LogP contribution in [0.15, 0.2) is 24.3 Å². The van der Waals surface area contributed by atoms with Crippen molar-refractivity contribution in [3.05, 3.63) is 29.8 Å². The summed E-state index contributed by atoms with van der Waals surface area (Å²) in [6, 6.07) is 6.95. The molecule has 0 aromatic heterocycles. The van der Waals surface area contributed by atoms with Crippen LogP contribution in [-0.2, 0) is 4.79 Å². The molecule has 0 unspecified atom stereocenters. The van der Waals surface area contributed by atoms with E-state index in [1.807, 2.05) is 0 Å². The Balaban J connectivity index is 2.21. The zero-order chi connectivity index (χ0) is 12.5. The van der Waals surface area contributed by atoms with Crippen LogP contribution in [0.4, 0.5) is 0 Å². The number of benzene rings is 1. The van der Waals surface area contributed by atoms with Crippen molar-refractivity contribution in [3.8, 4) is 5.75 Å². The second-order valence-corrected chi connectivity index (χ2v) is 3.56. The summed E-state index contributed by atoms with van der Waals surface area (Å²) in [5.74, 6) is 5.44. The molecule has 5 nitrogen and oxygen atoms in total. The molecule has 0 fully saturated rings. The lowest BCUT2D eigenvalue weighted by Gasteiger charge is -2.06. The predicted molar refractivity (Wildman–Crippen MR) is 63.5 cm³/mol. The van der Waals surface area contributed by atoms with Gasteiger partial charge in [-0.1, -0.05) is 12.1 Å². The first-order valence-electron chi connectivity index (χ1n) is 5.43. The van der Waals surface area contributed by atoms with E-state index in [2.05, 4.69) is 5.43 Å². The lowest BCUT2D eigenvalue weighted by atomic mass is 10.2. The highest BCUT2D eigenvalue weighted by Gasteiger charge is 1.99. The molecule has 3 N–H and O–H groups in total. The Morgan fingerprint density at radius 2 is 2.24 bits per heavy atom. The van der Waals surface area contributed by atoms with Gasteiger partial charge in [-0.2, -0.15) is 0 Å². The van der Waals surface area contributed by atoms with Crippen molar-refractivity contribution < 1.29 is 14.3 Å². The van der Waals surface area contributed by atoms with Crippen LogP contribution >= 0.6 is 0 Å². The van der Waals surface area contributed by atoms with Crippen LogP contribution in [0.3, 0.4) is 0 Å². The second-order valence-electron chi connectivity index (χ2n) is 3.56. The van der Waals surface area contributed by atoms with Crippen molar-refractivity contribution in [3.63, 3.8) is 0 Å². The number of unbranched alkanes of at least 4 members (excludes halogenated alkanes) is 1. The van der Waals surface area contributed by atoms with E-state index in [4.69, 9.17) is 10.6 Å². The third-order valence-corrected chi connectivity index (χ3v) is 2.22. The number of carbonyl (C=O) groups is 2. The van der Waals surface area contributed by atoms with Crippen LogP contribution in [0.1, 0.15) is 29.6 Å². The fourth-order valence-electron chi connectivity index (χ4n) is 1.33. The van der Waals surface area contributed by atoms with E-state index in [1.165, 1.54) is 0 Å². The number of nitrogens with two attached hydrogens (primary N) is 1. The number of rotatable bonds is 7. The average molecular weight is 236 g/mol. The van der Waals surface area contributed by atoms with Crippen LogP contribution in [0.5, 0.6) is 5.75 Å². The highest BCUT2D eigenvalue weighted by molar-refractivity contribution is 5.75. The first-order valence-corrected chi connectivity index (χ1v) is 5.43. The lowest BCUT2D eigenvalue weighted by Crippen LogP contribution is -2.29. The third kappa shape index (κ3) is 5.12. The van der Waals surface area contributed by atoms with Crippen molar-refractivity contribution in [2.75, 3.05) is 6.61 Å². The monoisotopic (exact) mass is 236 g/mol. The number of aldehydes is 1. The number of hydrazine groups is 1. The number of carbonyl (C=O) groups excluding carboxylic acids is 2. The van der Waals surface area contributed by atoms with Crippen molar-refractivity contribution >= 4 is 12.2 Å². The zero-order valence-electron chi connectivity index (χ0n) is 9.52. The quantitative estimate of drug-likeness (QED) is 0.244. The number of nitrogens with one attached hydrogen (secondary N) is 1. The van der Waals surface area contributed by atoms with Crippen molar-refractivity contribution in [2.45, 2.75) is 19.3 Å². The molecule has 5 heteroatoms. The van der Waals surface area contributed by atoms with Gasteiger partial charge in [0.05, 0.1) is 6.61 Å². The van der Waals surface area contributed by atoms with Crippen LogP contribution in [-0.4, -0.2) is 18.8 Å². The molecule has 17 heavy (non-hydrogen) atoms. The lowest BCUT2D eigenvalue weighted by molar-refractivity contribution is -0.121. The maximum absolute atomic E-state index is 10.8. The molecule has 1 aromatic carbocycles. The van der Waals surface area contributed by atoms with Gasteiger partial charge in [-0.3, -0.25) is 15.0 Å². The summed E-state index contributed by atoms with van der Waals surface area (Å²) in [4.78, 5) is 21.3. The summed E-state index contributed by atoms with van der Waals surface area (Å²) in [5, 5.41) is 0. The Bertz CT molecular complexity index is 380. The Hall–Kier alpha value is -1.88.